The van der Waals surface area contributed by atoms with E-state index in [9.17, 15) is 14.7 Å². The number of carbonyl (C=O) groups excluding carboxylic acids is 1. The molecular formula is C27H31Cl2NO3S. The highest BCUT2D eigenvalue weighted by atomic mass is 35.5. The first-order valence-corrected chi connectivity index (χ1v) is 13.1. The summed E-state index contributed by atoms with van der Waals surface area (Å²) in [7, 11) is 2.10. The van der Waals surface area contributed by atoms with Crippen LogP contribution in [0.5, 0.6) is 0 Å². The number of likely N-dealkylation sites (tertiary alicyclic amines) is 1. The predicted molar refractivity (Wildman–Crippen MR) is 141 cm³/mol. The summed E-state index contributed by atoms with van der Waals surface area (Å²) in [4.78, 5) is 28.6. The molecule has 0 spiro atoms. The minimum absolute atomic E-state index is 0.0312. The van der Waals surface area contributed by atoms with Crippen molar-refractivity contribution in [3.63, 3.8) is 0 Å². The molecule has 182 valence electrons. The Kier molecular flexibility index (Phi) is 8.87. The molecule has 1 unspecified atom stereocenters. The second-order valence-corrected chi connectivity index (χ2v) is 11.9. The Morgan fingerprint density at radius 2 is 1.88 bits per heavy atom. The smallest absolute Gasteiger partial charge is 0.346 e. The molecule has 1 N–H and O–H groups in total. The minimum Gasteiger partial charge on any atom is -0.477 e. The Hall–Kier alpha value is -1.84. The number of rotatable bonds is 7. The fourth-order valence-corrected chi connectivity index (χ4v) is 5.81. The van der Waals surface area contributed by atoms with Crippen LogP contribution in [0.4, 0.5) is 0 Å². The summed E-state index contributed by atoms with van der Waals surface area (Å²) in [5, 5.41) is 10.8. The zero-order valence-electron chi connectivity index (χ0n) is 20.1. The van der Waals surface area contributed by atoms with Gasteiger partial charge >= 0.3 is 5.97 Å². The third-order valence-electron chi connectivity index (χ3n) is 6.16. The summed E-state index contributed by atoms with van der Waals surface area (Å²) in [5.74, 6) is 5.66. The summed E-state index contributed by atoms with van der Waals surface area (Å²) >= 11 is 13.5. The SMILES string of the molecule is CN1CCC(C(CCC(=O)c2ccc(Cl)cc2Cl)c2cc(C#CC(C)(C)C)sc2C(=O)O)CC1. The van der Waals surface area contributed by atoms with Crippen LogP contribution >= 0.6 is 34.5 Å². The molecule has 1 aromatic heterocycles. The van der Waals surface area contributed by atoms with Gasteiger partial charge in [-0.3, -0.25) is 4.79 Å². The number of hydrogen-bond acceptors (Lipinski definition) is 4. The zero-order chi connectivity index (χ0) is 25.0. The Balaban J connectivity index is 1.92. The van der Waals surface area contributed by atoms with Gasteiger partial charge in [0.05, 0.1) is 9.90 Å². The Morgan fingerprint density at radius 1 is 1.21 bits per heavy atom. The second kappa shape index (κ2) is 11.3. The van der Waals surface area contributed by atoms with Crippen LogP contribution in [0, 0.1) is 23.2 Å². The van der Waals surface area contributed by atoms with E-state index in [1.165, 1.54) is 11.3 Å². The van der Waals surface area contributed by atoms with E-state index in [1.54, 1.807) is 18.2 Å². The van der Waals surface area contributed by atoms with Gasteiger partial charge in [0.25, 0.3) is 0 Å². The average molecular weight is 521 g/mol. The van der Waals surface area contributed by atoms with Crippen LogP contribution in [0.3, 0.4) is 0 Å². The lowest BCUT2D eigenvalue weighted by Gasteiger charge is -2.34. The van der Waals surface area contributed by atoms with Gasteiger partial charge in [0.1, 0.15) is 4.88 Å². The number of nitrogens with zero attached hydrogens (tertiary/aromatic N) is 1. The van der Waals surface area contributed by atoms with Crippen LogP contribution in [0.1, 0.15) is 82.8 Å². The average Bonchev–Trinajstić information content (AvgIpc) is 3.17. The van der Waals surface area contributed by atoms with E-state index in [0.717, 1.165) is 36.4 Å². The van der Waals surface area contributed by atoms with Gasteiger partial charge in [0.2, 0.25) is 0 Å². The lowest BCUT2D eigenvalue weighted by molar-refractivity contribution is 0.0699. The number of carbonyl (C=O) groups is 2. The van der Waals surface area contributed by atoms with Crippen molar-refractivity contribution in [2.24, 2.45) is 11.3 Å². The van der Waals surface area contributed by atoms with Crippen LogP contribution in [-0.2, 0) is 0 Å². The van der Waals surface area contributed by atoms with Gasteiger partial charge in [-0.15, -0.1) is 11.3 Å². The van der Waals surface area contributed by atoms with Gasteiger partial charge in [-0.05, 0) is 102 Å². The molecule has 1 fully saturated rings. The van der Waals surface area contributed by atoms with Crippen molar-refractivity contribution < 1.29 is 14.7 Å². The molecular weight excluding hydrogens is 489 g/mol. The maximum absolute atomic E-state index is 13.0. The van der Waals surface area contributed by atoms with Gasteiger partial charge < -0.3 is 10.0 Å². The molecule has 1 aromatic carbocycles. The summed E-state index contributed by atoms with van der Waals surface area (Å²) in [6.07, 6.45) is 2.79. The second-order valence-electron chi connectivity index (χ2n) is 10.0. The molecule has 1 atom stereocenters. The molecule has 2 heterocycles. The normalized spacial score (nSPS) is 16.1. The number of hydrogen-bond donors (Lipinski definition) is 1. The number of carboxylic acid groups (broad SMARTS) is 1. The molecule has 1 aliphatic heterocycles. The number of piperidine rings is 1. The molecule has 4 nitrogen and oxygen atoms in total. The topological polar surface area (TPSA) is 57.6 Å². The number of Topliss-reactive ketones (excluding diaryl/α,β-unsaturated/α-hetero) is 1. The Labute approximate surface area is 216 Å². The van der Waals surface area contributed by atoms with Crippen LogP contribution < -0.4 is 0 Å². The minimum atomic E-state index is -0.936. The molecule has 1 aliphatic rings. The van der Waals surface area contributed by atoms with E-state index < -0.39 is 5.97 Å². The summed E-state index contributed by atoms with van der Waals surface area (Å²) in [5.41, 5.74) is 1.08. The maximum Gasteiger partial charge on any atom is 0.346 e. The molecule has 0 bridgehead atoms. The van der Waals surface area contributed by atoms with E-state index in [1.807, 2.05) is 26.8 Å². The summed E-state index contributed by atoms with van der Waals surface area (Å²) < 4.78 is 0. The highest BCUT2D eigenvalue weighted by Gasteiger charge is 2.31. The Bertz CT molecular complexity index is 1120. The van der Waals surface area contributed by atoms with Gasteiger partial charge in [-0.1, -0.05) is 35.0 Å². The number of carboxylic acids is 1. The van der Waals surface area contributed by atoms with E-state index in [4.69, 9.17) is 23.2 Å². The van der Waals surface area contributed by atoms with Crippen LogP contribution in [-0.4, -0.2) is 41.9 Å². The maximum atomic E-state index is 13.0. The van der Waals surface area contributed by atoms with Gasteiger partial charge in [-0.25, -0.2) is 4.79 Å². The molecule has 2 aromatic rings. The van der Waals surface area contributed by atoms with Crippen molar-refractivity contribution in [3.8, 4) is 11.8 Å². The first kappa shape index (κ1) is 26.8. The number of ketones is 1. The molecule has 7 heteroatoms. The lowest BCUT2D eigenvalue weighted by Crippen LogP contribution is -2.33. The number of thiophene rings is 1. The molecule has 0 amide bonds. The Morgan fingerprint density at radius 3 is 2.47 bits per heavy atom. The van der Waals surface area contributed by atoms with E-state index in [2.05, 4.69) is 23.8 Å². The van der Waals surface area contributed by atoms with E-state index in [0.29, 0.717) is 32.8 Å². The van der Waals surface area contributed by atoms with Crippen molar-refractivity contribution in [3.05, 3.63) is 55.2 Å². The standard InChI is InChI=1S/C27H31Cl2NO3S/c1-27(2,3)12-9-19-16-22(25(34-19)26(32)33)20(17-10-13-30(4)14-11-17)7-8-24(31)21-6-5-18(28)15-23(21)29/h5-6,15-17,20H,7-8,10-11,13-14H2,1-4H3,(H,32,33). The quantitative estimate of drug-likeness (QED) is 0.309. The van der Waals surface area contributed by atoms with Crippen LogP contribution in [0.2, 0.25) is 10.0 Å². The van der Waals surface area contributed by atoms with Crippen molar-refractivity contribution >= 4 is 46.3 Å². The molecule has 0 radical (unpaired) electrons. The molecule has 0 saturated carbocycles. The molecule has 3 rings (SSSR count). The van der Waals surface area contributed by atoms with Crippen LogP contribution in [0.15, 0.2) is 24.3 Å². The molecule has 1 saturated heterocycles. The van der Waals surface area contributed by atoms with Crippen LogP contribution in [0.25, 0.3) is 0 Å². The third kappa shape index (κ3) is 7.09. The number of aromatic carboxylic acids is 1. The van der Waals surface area contributed by atoms with E-state index in [-0.39, 0.29) is 23.5 Å². The van der Waals surface area contributed by atoms with Crippen molar-refractivity contribution in [2.75, 3.05) is 20.1 Å². The fraction of sp³-hybridized carbons (Fsp3) is 0.481. The molecule has 34 heavy (non-hydrogen) atoms. The van der Waals surface area contributed by atoms with E-state index >= 15 is 0 Å². The van der Waals surface area contributed by atoms with Gasteiger partial charge in [-0.2, -0.15) is 0 Å². The van der Waals surface area contributed by atoms with Gasteiger partial charge in [0, 0.05) is 22.4 Å². The first-order chi connectivity index (χ1) is 15.9. The van der Waals surface area contributed by atoms with Gasteiger partial charge in [0.15, 0.2) is 5.78 Å². The highest BCUT2D eigenvalue weighted by molar-refractivity contribution is 7.14. The first-order valence-electron chi connectivity index (χ1n) is 11.5. The number of benzene rings is 1. The van der Waals surface area contributed by atoms with Crippen molar-refractivity contribution in [1.82, 2.24) is 4.90 Å². The lowest BCUT2D eigenvalue weighted by atomic mass is 9.77. The fourth-order valence-electron chi connectivity index (χ4n) is 4.37. The highest BCUT2D eigenvalue weighted by Crippen LogP contribution is 2.41. The largest absolute Gasteiger partial charge is 0.477 e. The summed E-state index contributed by atoms with van der Waals surface area (Å²) in [6, 6.07) is 6.84. The van der Waals surface area contributed by atoms with Crippen molar-refractivity contribution in [2.45, 2.75) is 52.4 Å². The molecule has 0 aliphatic carbocycles. The zero-order valence-corrected chi connectivity index (χ0v) is 22.4. The van der Waals surface area contributed by atoms with Crippen molar-refractivity contribution in [1.29, 1.82) is 0 Å². The monoisotopic (exact) mass is 519 g/mol. The third-order valence-corrected chi connectivity index (χ3v) is 7.76. The predicted octanol–water partition coefficient (Wildman–Crippen LogP) is 7.24. The summed E-state index contributed by atoms with van der Waals surface area (Å²) in [6.45, 7) is 8.01. The number of halogens is 2.